The zero-order valence-electron chi connectivity index (χ0n) is 11.8. The molecule has 0 amide bonds. The van der Waals surface area contributed by atoms with Crippen LogP contribution in [0.1, 0.15) is 53.4 Å². The zero-order valence-corrected chi connectivity index (χ0v) is 11.8. The van der Waals surface area contributed by atoms with Crippen LogP contribution in [0.5, 0.6) is 0 Å². The zero-order chi connectivity index (χ0) is 12.2. The molecule has 2 unspecified atom stereocenters. The Morgan fingerprint density at radius 2 is 2.00 bits per heavy atom. The van der Waals surface area contributed by atoms with Crippen molar-refractivity contribution in [2.75, 3.05) is 20.1 Å². The van der Waals surface area contributed by atoms with E-state index in [-0.39, 0.29) is 0 Å². The minimum atomic E-state index is 0.406. The van der Waals surface area contributed by atoms with E-state index in [0.717, 1.165) is 6.04 Å². The van der Waals surface area contributed by atoms with Gasteiger partial charge in [0.25, 0.3) is 0 Å². The van der Waals surface area contributed by atoms with Crippen LogP contribution in [0.4, 0.5) is 0 Å². The molecule has 2 heteroatoms. The summed E-state index contributed by atoms with van der Waals surface area (Å²) in [6.45, 7) is 11.7. The molecule has 0 aromatic rings. The lowest BCUT2D eigenvalue weighted by Crippen LogP contribution is -2.42. The van der Waals surface area contributed by atoms with Crippen molar-refractivity contribution in [3.8, 4) is 0 Å². The molecule has 0 aliphatic carbocycles. The highest BCUT2D eigenvalue weighted by atomic mass is 15.1. The molecule has 0 aromatic heterocycles. The molecule has 1 saturated heterocycles. The van der Waals surface area contributed by atoms with E-state index in [2.05, 4.69) is 45.0 Å². The Hall–Kier alpha value is -0.0800. The van der Waals surface area contributed by atoms with Crippen LogP contribution >= 0.6 is 0 Å². The van der Waals surface area contributed by atoms with Crippen LogP contribution in [-0.2, 0) is 0 Å². The largest absolute Gasteiger partial charge is 0.314 e. The van der Waals surface area contributed by atoms with E-state index in [1.807, 2.05) is 0 Å². The first-order valence-electron chi connectivity index (χ1n) is 6.82. The second-order valence-corrected chi connectivity index (χ2v) is 6.71. The first-order valence-corrected chi connectivity index (χ1v) is 6.82. The fourth-order valence-corrected chi connectivity index (χ4v) is 2.62. The Balaban J connectivity index is 2.29. The van der Waals surface area contributed by atoms with E-state index >= 15 is 0 Å². The summed E-state index contributed by atoms with van der Waals surface area (Å²) in [4.78, 5) is 2.51. The van der Waals surface area contributed by atoms with Gasteiger partial charge in [0, 0.05) is 18.6 Å². The van der Waals surface area contributed by atoms with Crippen molar-refractivity contribution in [1.82, 2.24) is 10.2 Å². The van der Waals surface area contributed by atoms with Gasteiger partial charge in [-0.25, -0.2) is 0 Å². The monoisotopic (exact) mass is 226 g/mol. The lowest BCUT2D eigenvalue weighted by atomic mass is 9.94. The summed E-state index contributed by atoms with van der Waals surface area (Å²) in [6, 6.07) is 1.45. The van der Waals surface area contributed by atoms with Crippen LogP contribution in [0, 0.1) is 5.41 Å². The SMILES string of the molecule is CC(CC1CCCCN1)N(C)CC(C)(C)C. The van der Waals surface area contributed by atoms with Crippen molar-refractivity contribution in [2.24, 2.45) is 5.41 Å². The molecular weight excluding hydrogens is 196 g/mol. The van der Waals surface area contributed by atoms with Gasteiger partial charge >= 0.3 is 0 Å². The van der Waals surface area contributed by atoms with Crippen LogP contribution in [0.3, 0.4) is 0 Å². The summed E-state index contributed by atoms with van der Waals surface area (Å²) in [5, 5.41) is 3.64. The highest BCUT2D eigenvalue weighted by Crippen LogP contribution is 2.19. The van der Waals surface area contributed by atoms with Gasteiger partial charge in [-0.05, 0) is 45.2 Å². The molecule has 0 radical (unpaired) electrons. The van der Waals surface area contributed by atoms with Gasteiger partial charge in [-0.15, -0.1) is 0 Å². The number of rotatable bonds is 4. The molecule has 96 valence electrons. The molecule has 1 aliphatic rings. The summed E-state index contributed by atoms with van der Waals surface area (Å²) in [5.74, 6) is 0. The van der Waals surface area contributed by atoms with E-state index in [0.29, 0.717) is 11.5 Å². The Bertz CT molecular complexity index is 189. The second-order valence-electron chi connectivity index (χ2n) is 6.71. The van der Waals surface area contributed by atoms with Crippen LogP contribution in [-0.4, -0.2) is 37.1 Å². The van der Waals surface area contributed by atoms with Crippen molar-refractivity contribution < 1.29 is 0 Å². The third-order valence-electron chi connectivity index (χ3n) is 3.51. The van der Waals surface area contributed by atoms with E-state index in [1.165, 1.54) is 38.8 Å². The molecule has 16 heavy (non-hydrogen) atoms. The summed E-state index contributed by atoms with van der Waals surface area (Å²) < 4.78 is 0. The predicted molar refractivity (Wildman–Crippen MR) is 71.8 cm³/mol. The summed E-state index contributed by atoms with van der Waals surface area (Å²) in [5.41, 5.74) is 0.406. The highest BCUT2D eigenvalue weighted by molar-refractivity contribution is 4.79. The molecule has 1 fully saturated rings. The third-order valence-corrected chi connectivity index (χ3v) is 3.51. The third kappa shape index (κ3) is 5.31. The number of nitrogens with zero attached hydrogens (tertiary/aromatic N) is 1. The smallest absolute Gasteiger partial charge is 0.00818 e. The van der Waals surface area contributed by atoms with Gasteiger partial charge < -0.3 is 10.2 Å². The molecule has 0 aromatic carbocycles. The molecule has 2 atom stereocenters. The predicted octanol–water partition coefficient (Wildman–Crippen LogP) is 2.89. The van der Waals surface area contributed by atoms with E-state index in [1.54, 1.807) is 0 Å². The normalized spacial score (nSPS) is 24.8. The molecule has 0 bridgehead atoms. The lowest BCUT2D eigenvalue weighted by molar-refractivity contribution is 0.160. The highest BCUT2D eigenvalue weighted by Gasteiger charge is 2.21. The Morgan fingerprint density at radius 1 is 1.31 bits per heavy atom. The lowest BCUT2D eigenvalue weighted by Gasteiger charge is -2.34. The van der Waals surface area contributed by atoms with Crippen molar-refractivity contribution in [3.63, 3.8) is 0 Å². The van der Waals surface area contributed by atoms with Gasteiger partial charge in [0.2, 0.25) is 0 Å². The van der Waals surface area contributed by atoms with Gasteiger partial charge in [-0.2, -0.15) is 0 Å². The van der Waals surface area contributed by atoms with Crippen LogP contribution in [0.15, 0.2) is 0 Å². The van der Waals surface area contributed by atoms with Crippen molar-refractivity contribution >= 4 is 0 Å². The number of nitrogens with one attached hydrogen (secondary N) is 1. The first-order chi connectivity index (χ1) is 7.38. The number of hydrogen-bond acceptors (Lipinski definition) is 2. The van der Waals surface area contributed by atoms with E-state index in [4.69, 9.17) is 0 Å². The van der Waals surface area contributed by atoms with Gasteiger partial charge in [0.1, 0.15) is 0 Å². The van der Waals surface area contributed by atoms with Gasteiger partial charge in [0.15, 0.2) is 0 Å². The summed E-state index contributed by atoms with van der Waals surface area (Å²) in [7, 11) is 2.26. The average molecular weight is 226 g/mol. The van der Waals surface area contributed by atoms with E-state index in [9.17, 15) is 0 Å². The quantitative estimate of drug-likeness (QED) is 0.793. The maximum absolute atomic E-state index is 3.64. The van der Waals surface area contributed by atoms with Gasteiger partial charge in [0.05, 0.1) is 0 Å². The Kier molecular flexibility index (Phi) is 5.26. The standard InChI is InChI=1S/C14H30N2/c1-12(16(5)11-14(2,3)4)10-13-8-6-7-9-15-13/h12-13,15H,6-11H2,1-5H3. The van der Waals surface area contributed by atoms with Gasteiger partial charge in [-0.1, -0.05) is 27.2 Å². The number of piperidine rings is 1. The Morgan fingerprint density at radius 3 is 2.50 bits per heavy atom. The van der Waals surface area contributed by atoms with Crippen LogP contribution < -0.4 is 5.32 Å². The maximum Gasteiger partial charge on any atom is 0.00818 e. The minimum Gasteiger partial charge on any atom is -0.314 e. The molecule has 1 N–H and O–H groups in total. The fourth-order valence-electron chi connectivity index (χ4n) is 2.62. The van der Waals surface area contributed by atoms with E-state index < -0.39 is 0 Å². The van der Waals surface area contributed by atoms with Crippen molar-refractivity contribution in [1.29, 1.82) is 0 Å². The first kappa shape index (κ1) is 14.0. The van der Waals surface area contributed by atoms with Gasteiger partial charge in [-0.3, -0.25) is 0 Å². The topological polar surface area (TPSA) is 15.3 Å². The molecule has 1 rings (SSSR count). The molecular formula is C14H30N2. The maximum atomic E-state index is 3.64. The molecule has 0 saturated carbocycles. The molecule has 2 nitrogen and oxygen atoms in total. The van der Waals surface area contributed by atoms with Crippen LogP contribution in [0.2, 0.25) is 0 Å². The molecule has 1 aliphatic heterocycles. The number of hydrogen-bond donors (Lipinski definition) is 1. The average Bonchev–Trinajstić information content (AvgIpc) is 2.16. The second kappa shape index (κ2) is 6.02. The fraction of sp³-hybridized carbons (Fsp3) is 1.00. The van der Waals surface area contributed by atoms with Crippen LogP contribution in [0.25, 0.3) is 0 Å². The minimum absolute atomic E-state index is 0.406. The van der Waals surface area contributed by atoms with Crippen molar-refractivity contribution in [2.45, 2.75) is 65.5 Å². The summed E-state index contributed by atoms with van der Waals surface area (Å²) >= 11 is 0. The van der Waals surface area contributed by atoms with Crippen molar-refractivity contribution in [3.05, 3.63) is 0 Å². The Labute approximate surface area is 102 Å². The molecule has 0 spiro atoms. The molecule has 1 heterocycles. The summed E-state index contributed by atoms with van der Waals surface area (Å²) in [6.07, 6.45) is 5.44.